The number of anilines is 1. The Kier molecular flexibility index (Phi) is 3.73. The summed E-state index contributed by atoms with van der Waals surface area (Å²) in [5.74, 6) is 0. The molecule has 1 saturated heterocycles. The van der Waals surface area contributed by atoms with Crippen molar-refractivity contribution in [2.45, 2.75) is 25.4 Å². The van der Waals surface area contributed by atoms with Crippen molar-refractivity contribution in [2.75, 3.05) is 32.9 Å². The zero-order chi connectivity index (χ0) is 11.5. The second kappa shape index (κ2) is 5.07. The molecule has 0 saturated carbocycles. The minimum absolute atomic E-state index is 0.635. The molecule has 0 aromatic carbocycles. The normalized spacial score (nSPS) is 22.1. The zero-order valence-corrected chi connectivity index (χ0v) is 10.7. The van der Waals surface area contributed by atoms with E-state index in [4.69, 9.17) is 5.73 Å². The van der Waals surface area contributed by atoms with Crippen molar-refractivity contribution in [2.24, 2.45) is 0 Å². The predicted octanol–water partition coefficient (Wildman–Crippen LogP) is 0.646. The lowest BCUT2D eigenvalue weighted by molar-refractivity contribution is 0.199. The van der Waals surface area contributed by atoms with E-state index in [0.29, 0.717) is 6.04 Å². The van der Waals surface area contributed by atoms with Gasteiger partial charge in [0.15, 0.2) is 0 Å². The topological polar surface area (TPSA) is 58.3 Å². The zero-order valence-electron chi connectivity index (χ0n) is 9.89. The molecule has 90 valence electrons. The number of aromatic nitrogens is 2. The maximum Gasteiger partial charge on any atom is 0.132 e. The van der Waals surface area contributed by atoms with Gasteiger partial charge in [0.25, 0.3) is 0 Å². The molecule has 0 radical (unpaired) electrons. The van der Waals surface area contributed by atoms with Crippen LogP contribution in [-0.2, 0) is 6.54 Å². The van der Waals surface area contributed by atoms with Crippen molar-refractivity contribution in [3.63, 3.8) is 0 Å². The highest BCUT2D eigenvalue weighted by atomic mass is 32.1. The monoisotopic (exact) mass is 241 g/mol. The molecular weight excluding hydrogens is 222 g/mol. The third-order valence-electron chi connectivity index (χ3n) is 3.01. The number of rotatable bonds is 4. The van der Waals surface area contributed by atoms with Crippen LogP contribution < -0.4 is 5.73 Å². The van der Waals surface area contributed by atoms with Crippen molar-refractivity contribution < 1.29 is 0 Å². The molecule has 2 N–H and O–H groups in total. The van der Waals surface area contributed by atoms with Crippen molar-refractivity contribution >= 4 is 16.5 Å². The highest BCUT2D eigenvalue weighted by Gasteiger charge is 2.26. The van der Waals surface area contributed by atoms with E-state index in [1.165, 1.54) is 24.4 Å². The van der Waals surface area contributed by atoms with E-state index in [2.05, 4.69) is 33.5 Å². The van der Waals surface area contributed by atoms with E-state index in [9.17, 15) is 0 Å². The summed E-state index contributed by atoms with van der Waals surface area (Å²) in [6, 6.07) is 0.635. The molecular formula is C10H19N5S. The average molecular weight is 241 g/mol. The smallest absolute Gasteiger partial charge is 0.132 e. The van der Waals surface area contributed by atoms with Gasteiger partial charge in [0, 0.05) is 30.7 Å². The van der Waals surface area contributed by atoms with Crippen LogP contribution in [0.2, 0.25) is 0 Å². The predicted molar refractivity (Wildman–Crippen MR) is 66.3 cm³/mol. The Morgan fingerprint density at radius 1 is 1.56 bits per heavy atom. The molecule has 2 rings (SSSR count). The van der Waals surface area contributed by atoms with Gasteiger partial charge in [-0.1, -0.05) is 4.49 Å². The van der Waals surface area contributed by atoms with Crippen LogP contribution in [0, 0.1) is 0 Å². The fourth-order valence-corrected chi connectivity index (χ4v) is 2.69. The molecule has 2 heterocycles. The van der Waals surface area contributed by atoms with Crippen LogP contribution in [0.25, 0.3) is 0 Å². The first-order valence-electron chi connectivity index (χ1n) is 5.62. The Labute approximate surface area is 100 Å². The summed E-state index contributed by atoms with van der Waals surface area (Å²) in [4.78, 5) is 4.71. The maximum absolute atomic E-state index is 5.82. The van der Waals surface area contributed by atoms with Crippen molar-refractivity contribution in [3.8, 4) is 0 Å². The second-order valence-corrected chi connectivity index (χ2v) is 5.40. The van der Waals surface area contributed by atoms with E-state index in [-0.39, 0.29) is 0 Å². The van der Waals surface area contributed by atoms with Crippen LogP contribution in [0.15, 0.2) is 0 Å². The highest BCUT2D eigenvalue weighted by Crippen LogP contribution is 2.22. The number of hydrogen-bond donors (Lipinski definition) is 1. The van der Waals surface area contributed by atoms with Gasteiger partial charge in [0.1, 0.15) is 10.7 Å². The molecule has 6 heteroatoms. The lowest BCUT2D eigenvalue weighted by Gasteiger charge is -2.26. The minimum atomic E-state index is 0.635. The summed E-state index contributed by atoms with van der Waals surface area (Å²) in [7, 11) is 4.24. The lowest BCUT2D eigenvalue weighted by atomic mass is 10.2. The first kappa shape index (κ1) is 11.8. The third-order valence-corrected chi connectivity index (χ3v) is 3.61. The van der Waals surface area contributed by atoms with Gasteiger partial charge in [-0.15, -0.1) is 5.10 Å². The van der Waals surface area contributed by atoms with Crippen LogP contribution in [0.5, 0.6) is 0 Å². The van der Waals surface area contributed by atoms with Crippen molar-refractivity contribution in [3.05, 3.63) is 5.69 Å². The van der Waals surface area contributed by atoms with Gasteiger partial charge in [-0.3, -0.25) is 4.90 Å². The number of likely N-dealkylation sites (tertiary alicyclic amines) is 1. The number of hydrogen-bond acceptors (Lipinski definition) is 6. The molecule has 1 unspecified atom stereocenters. The maximum atomic E-state index is 5.82. The molecule has 5 nitrogen and oxygen atoms in total. The molecule has 0 amide bonds. The van der Waals surface area contributed by atoms with Gasteiger partial charge in [-0.05, 0) is 33.5 Å². The van der Waals surface area contributed by atoms with Gasteiger partial charge in [0.2, 0.25) is 0 Å². The summed E-state index contributed by atoms with van der Waals surface area (Å²) in [6.07, 6.45) is 2.55. The number of nitrogens with zero attached hydrogens (tertiary/aromatic N) is 4. The van der Waals surface area contributed by atoms with E-state index in [1.807, 2.05) is 0 Å². The molecule has 1 aromatic heterocycles. The summed E-state index contributed by atoms with van der Waals surface area (Å²) in [5.41, 5.74) is 6.76. The summed E-state index contributed by atoms with van der Waals surface area (Å²) >= 11 is 1.28. The number of likely N-dealkylation sites (N-methyl/N-ethyl adjacent to an activating group) is 1. The fourth-order valence-electron chi connectivity index (χ4n) is 2.25. The van der Waals surface area contributed by atoms with E-state index >= 15 is 0 Å². The molecule has 1 aromatic rings. The van der Waals surface area contributed by atoms with Crippen LogP contribution in [-0.4, -0.2) is 52.6 Å². The van der Waals surface area contributed by atoms with Gasteiger partial charge >= 0.3 is 0 Å². The first-order chi connectivity index (χ1) is 7.66. The largest absolute Gasteiger partial charge is 0.388 e. The highest BCUT2D eigenvalue weighted by molar-refractivity contribution is 7.09. The quantitative estimate of drug-likeness (QED) is 0.838. The molecule has 1 aliphatic heterocycles. The summed E-state index contributed by atoms with van der Waals surface area (Å²) < 4.78 is 3.88. The molecule has 1 aliphatic rings. The molecule has 0 aliphatic carbocycles. The minimum Gasteiger partial charge on any atom is -0.388 e. The molecule has 1 fully saturated rings. The van der Waals surface area contributed by atoms with Crippen LogP contribution in [0.3, 0.4) is 0 Å². The molecule has 0 bridgehead atoms. The number of nitrogens with two attached hydrogens (primary N) is 1. The number of nitrogen functional groups attached to an aromatic ring is 1. The fraction of sp³-hybridized carbons (Fsp3) is 0.800. The SMILES string of the molecule is CN(C)CC1CCCN1Cc1nnsc1N. The van der Waals surface area contributed by atoms with Crippen LogP contribution >= 0.6 is 11.5 Å². The average Bonchev–Trinajstić information content (AvgIpc) is 2.78. The lowest BCUT2D eigenvalue weighted by Crippen LogP contribution is -2.37. The Balaban J connectivity index is 1.96. The molecule has 0 spiro atoms. The van der Waals surface area contributed by atoms with Crippen LogP contribution in [0.1, 0.15) is 18.5 Å². The second-order valence-electron chi connectivity index (χ2n) is 4.61. The van der Waals surface area contributed by atoms with E-state index in [1.54, 1.807) is 0 Å². The van der Waals surface area contributed by atoms with Gasteiger partial charge in [-0.2, -0.15) is 0 Å². The van der Waals surface area contributed by atoms with Gasteiger partial charge in [0.05, 0.1) is 0 Å². The Bertz CT molecular complexity index is 338. The summed E-state index contributed by atoms with van der Waals surface area (Å²) in [6.45, 7) is 3.10. The van der Waals surface area contributed by atoms with Crippen LogP contribution in [0.4, 0.5) is 5.00 Å². The molecule has 16 heavy (non-hydrogen) atoms. The molecule has 1 atom stereocenters. The van der Waals surface area contributed by atoms with E-state index in [0.717, 1.165) is 30.3 Å². The summed E-state index contributed by atoms with van der Waals surface area (Å²) in [5, 5.41) is 4.84. The van der Waals surface area contributed by atoms with Gasteiger partial charge < -0.3 is 10.6 Å². The van der Waals surface area contributed by atoms with Crippen molar-refractivity contribution in [1.82, 2.24) is 19.4 Å². The Morgan fingerprint density at radius 2 is 2.38 bits per heavy atom. The van der Waals surface area contributed by atoms with E-state index < -0.39 is 0 Å². The standard InChI is InChI=1S/C10H19N5S/c1-14(2)6-8-4-3-5-15(8)7-9-10(11)16-13-12-9/h8H,3-7,11H2,1-2H3. The Hall–Kier alpha value is -0.720. The third kappa shape index (κ3) is 2.69. The first-order valence-corrected chi connectivity index (χ1v) is 6.39. The Morgan fingerprint density at radius 3 is 3.00 bits per heavy atom. The van der Waals surface area contributed by atoms with Gasteiger partial charge in [-0.25, -0.2) is 0 Å². The van der Waals surface area contributed by atoms with Crippen molar-refractivity contribution in [1.29, 1.82) is 0 Å².